The molecule has 0 fully saturated rings. The van der Waals surface area contributed by atoms with Gasteiger partial charge in [-0.3, -0.25) is 19.7 Å². The zero-order valence-corrected chi connectivity index (χ0v) is 9.36. The summed E-state index contributed by atoms with van der Waals surface area (Å²) >= 11 is 0. The van der Waals surface area contributed by atoms with Gasteiger partial charge in [-0.1, -0.05) is 0 Å². The van der Waals surface area contributed by atoms with E-state index >= 15 is 0 Å². The Labute approximate surface area is 101 Å². The standard InChI is InChI=1S/C9H10N4O5/c1-12(4-7(14)15)9-6(8(10)16)2-5(3-11-9)13(17)18/h2-3H,4H2,1H3,(H2,10,16)(H,14,15). The fraction of sp³-hybridized carbons (Fsp3) is 0.222. The predicted molar refractivity (Wildman–Crippen MR) is 60.3 cm³/mol. The summed E-state index contributed by atoms with van der Waals surface area (Å²) in [6, 6.07) is 0.961. The summed E-state index contributed by atoms with van der Waals surface area (Å²) in [6.45, 7) is -0.412. The number of aliphatic carboxylic acids is 1. The van der Waals surface area contributed by atoms with E-state index in [0.29, 0.717) is 0 Å². The number of hydrogen-bond donors (Lipinski definition) is 2. The van der Waals surface area contributed by atoms with Crippen LogP contribution in [0.25, 0.3) is 0 Å². The lowest BCUT2D eigenvalue weighted by molar-refractivity contribution is -0.385. The second kappa shape index (κ2) is 5.08. The molecule has 1 aromatic rings. The lowest BCUT2D eigenvalue weighted by atomic mass is 10.2. The van der Waals surface area contributed by atoms with Gasteiger partial charge in [0.15, 0.2) is 0 Å². The third kappa shape index (κ3) is 2.90. The number of likely N-dealkylation sites (N-methyl/N-ethyl adjacent to an activating group) is 1. The van der Waals surface area contributed by atoms with Crippen LogP contribution in [0.2, 0.25) is 0 Å². The normalized spacial score (nSPS) is 9.83. The predicted octanol–water partition coefficient (Wildman–Crippen LogP) is -0.390. The summed E-state index contributed by atoms with van der Waals surface area (Å²) in [5.74, 6) is -2.07. The number of hydrogen-bond acceptors (Lipinski definition) is 6. The molecule has 3 N–H and O–H groups in total. The van der Waals surface area contributed by atoms with Gasteiger partial charge < -0.3 is 15.7 Å². The van der Waals surface area contributed by atoms with E-state index in [-0.39, 0.29) is 11.4 Å². The Morgan fingerprint density at radius 1 is 1.61 bits per heavy atom. The summed E-state index contributed by atoms with van der Waals surface area (Å²) in [7, 11) is 1.38. The maximum absolute atomic E-state index is 11.2. The number of anilines is 1. The van der Waals surface area contributed by atoms with E-state index in [0.717, 1.165) is 17.2 Å². The van der Waals surface area contributed by atoms with Gasteiger partial charge in [0.2, 0.25) is 0 Å². The van der Waals surface area contributed by atoms with Crippen LogP contribution < -0.4 is 10.6 Å². The van der Waals surface area contributed by atoms with E-state index in [1.54, 1.807) is 0 Å². The molecule has 0 atom stereocenters. The van der Waals surface area contributed by atoms with Crippen molar-refractivity contribution in [3.05, 3.63) is 27.9 Å². The minimum absolute atomic E-state index is 0.0181. The summed E-state index contributed by atoms with van der Waals surface area (Å²) in [5, 5.41) is 19.2. The molecule has 0 aliphatic carbocycles. The molecule has 0 saturated heterocycles. The highest BCUT2D eigenvalue weighted by molar-refractivity contribution is 5.98. The molecular weight excluding hydrogens is 244 g/mol. The van der Waals surface area contributed by atoms with Gasteiger partial charge in [-0.25, -0.2) is 4.98 Å². The fourth-order valence-electron chi connectivity index (χ4n) is 1.31. The van der Waals surface area contributed by atoms with Crippen molar-refractivity contribution in [2.45, 2.75) is 0 Å². The first kappa shape index (κ1) is 13.4. The zero-order chi connectivity index (χ0) is 13.9. The smallest absolute Gasteiger partial charge is 0.323 e. The molecule has 0 saturated carbocycles. The average molecular weight is 254 g/mol. The van der Waals surface area contributed by atoms with E-state index < -0.39 is 29.0 Å². The quantitative estimate of drug-likeness (QED) is 0.538. The average Bonchev–Trinajstić information content (AvgIpc) is 2.26. The van der Waals surface area contributed by atoms with Crippen molar-refractivity contribution in [2.24, 2.45) is 5.73 Å². The molecular formula is C9H10N4O5. The Balaban J connectivity index is 3.23. The lowest BCUT2D eigenvalue weighted by Crippen LogP contribution is -2.28. The van der Waals surface area contributed by atoms with Crippen LogP contribution in [0.4, 0.5) is 11.5 Å². The number of nitro groups is 1. The first-order valence-electron chi connectivity index (χ1n) is 4.70. The van der Waals surface area contributed by atoms with Gasteiger partial charge in [0, 0.05) is 13.1 Å². The molecule has 1 heterocycles. The van der Waals surface area contributed by atoms with Gasteiger partial charge in [0.1, 0.15) is 18.6 Å². The molecule has 1 amide bonds. The summed E-state index contributed by atoms with van der Waals surface area (Å²) in [4.78, 5) is 36.4. The van der Waals surface area contributed by atoms with Crippen LogP contribution in [0.15, 0.2) is 12.3 Å². The van der Waals surface area contributed by atoms with Crippen molar-refractivity contribution >= 4 is 23.4 Å². The molecule has 1 aromatic heterocycles. The van der Waals surface area contributed by atoms with Gasteiger partial charge >= 0.3 is 5.97 Å². The van der Waals surface area contributed by atoms with Crippen LogP contribution in [0, 0.1) is 10.1 Å². The van der Waals surface area contributed by atoms with Crippen molar-refractivity contribution in [2.75, 3.05) is 18.5 Å². The Bertz CT molecular complexity index is 516. The number of carbonyl (C=O) groups is 2. The van der Waals surface area contributed by atoms with Crippen molar-refractivity contribution < 1.29 is 19.6 Å². The molecule has 0 aliphatic heterocycles. The molecule has 9 nitrogen and oxygen atoms in total. The van der Waals surface area contributed by atoms with Crippen molar-refractivity contribution in [3.63, 3.8) is 0 Å². The SMILES string of the molecule is CN(CC(=O)O)c1ncc([N+](=O)[O-])cc1C(N)=O. The molecule has 0 aliphatic rings. The van der Waals surface area contributed by atoms with Gasteiger partial charge in [-0.2, -0.15) is 0 Å². The number of pyridine rings is 1. The molecule has 0 spiro atoms. The maximum atomic E-state index is 11.2. The topological polar surface area (TPSA) is 140 Å². The Morgan fingerprint density at radius 3 is 2.67 bits per heavy atom. The summed E-state index contributed by atoms with van der Waals surface area (Å²) < 4.78 is 0. The molecule has 0 bridgehead atoms. The number of carboxylic acids is 1. The van der Waals surface area contributed by atoms with E-state index in [2.05, 4.69) is 4.98 Å². The molecule has 96 valence electrons. The first-order valence-corrected chi connectivity index (χ1v) is 4.70. The molecule has 0 unspecified atom stereocenters. The van der Waals surface area contributed by atoms with Gasteiger partial charge in [0.25, 0.3) is 11.6 Å². The van der Waals surface area contributed by atoms with Crippen molar-refractivity contribution in [1.82, 2.24) is 4.98 Å². The lowest BCUT2D eigenvalue weighted by Gasteiger charge is -2.17. The van der Waals surface area contributed by atoms with E-state index in [4.69, 9.17) is 10.8 Å². The number of rotatable bonds is 5. The Hall–Kier alpha value is -2.71. The maximum Gasteiger partial charge on any atom is 0.323 e. The van der Waals surface area contributed by atoms with Crippen LogP contribution >= 0.6 is 0 Å². The number of aromatic nitrogens is 1. The fourth-order valence-corrected chi connectivity index (χ4v) is 1.31. The summed E-state index contributed by atoms with van der Waals surface area (Å²) in [6.07, 6.45) is 0.931. The van der Waals surface area contributed by atoms with E-state index in [1.807, 2.05) is 0 Å². The number of carboxylic acid groups (broad SMARTS) is 1. The van der Waals surface area contributed by atoms with Gasteiger partial charge in [0.05, 0.1) is 10.5 Å². The molecule has 18 heavy (non-hydrogen) atoms. The monoisotopic (exact) mass is 254 g/mol. The largest absolute Gasteiger partial charge is 0.480 e. The van der Waals surface area contributed by atoms with Crippen LogP contribution in [0.1, 0.15) is 10.4 Å². The second-order valence-electron chi connectivity index (χ2n) is 3.44. The van der Waals surface area contributed by atoms with Crippen molar-refractivity contribution in [1.29, 1.82) is 0 Å². The number of nitrogens with two attached hydrogens (primary N) is 1. The number of carbonyl (C=O) groups excluding carboxylic acids is 1. The highest BCUT2D eigenvalue weighted by Crippen LogP contribution is 2.21. The van der Waals surface area contributed by atoms with Crippen molar-refractivity contribution in [3.8, 4) is 0 Å². The molecule has 1 rings (SSSR count). The number of amides is 1. The highest BCUT2D eigenvalue weighted by Gasteiger charge is 2.19. The Kier molecular flexibility index (Phi) is 3.77. The first-order chi connectivity index (χ1) is 8.32. The molecule has 9 heteroatoms. The number of primary amides is 1. The van der Waals surface area contributed by atoms with Crippen LogP contribution in [0.3, 0.4) is 0 Å². The van der Waals surface area contributed by atoms with E-state index in [1.165, 1.54) is 7.05 Å². The minimum atomic E-state index is -1.13. The third-order valence-corrected chi connectivity index (χ3v) is 2.06. The van der Waals surface area contributed by atoms with Gasteiger partial charge in [-0.15, -0.1) is 0 Å². The zero-order valence-electron chi connectivity index (χ0n) is 9.36. The third-order valence-electron chi connectivity index (χ3n) is 2.06. The van der Waals surface area contributed by atoms with Crippen LogP contribution in [-0.4, -0.2) is 40.5 Å². The number of nitrogens with zero attached hydrogens (tertiary/aromatic N) is 3. The summed E-state index contributed by atoms with van der Waals surface area (Å²) in [5.41, 5.74) is 4.48. The molecule has 0 aromatic carbocycles. The molecule has 0 radical (unpaired) electrons. The van der Waals surface area contributed by atoms with E-state index in [9.17, 15) is 19.7 Å². The van der Waals surface area contributed by atoms with Crippen LogP contribution in [0.5, 0.6) is 0 Å². The van der Waals surface area contributed by atoms with Crippen LogP contribution in [-0.2, 0) is 4.79 Å². The minimum Gasteiger partial charge on any atom is -0.480 e. The van der Waals surface area contributed by atoms with Gasteiger partial charge in [-0.05, 0) is 0 Å². The highest BCUT2D eigenvalue weighted by atomic mass is 16.6. The second-order valence-corrected chi connectivity index (χ2v) is 3.44. The Morgan fingerprint density at radius 2 is 2.22 bits per heavy atom.